The first-order valence-corrected chi connectivity index (χ1v) is 8.52. The Hall–Kier alpha value is -2.61. The van der Waals surface area contributed by atoms with Gasteiger partial charge in [0.05, 0.1) is 25.8 Å². The molecule has 0 aliphatic rings. The summed E-state index contributed by atoms with van der Waals surface area (Å²) in [5.41, 5.74) is 1.30. The predicted molar refractivity (Wildman–Crippen MR) is 93.5 cm³/mol. The number of carbonyl (C=O) groups is 2. The first kappa shape index (κ1) is 18.7. The fourth-order valence-corrected chi connectivity index (χ4v) is 3.13. The number of aromatic nitrogens is 1. The van der Waals surface area contributed by atoms with Gasteiger partial charge in [-0.3, -0.25) is 4.79 Å². The maximum absolute atomic E-state index is 12.1. The van der Waals surface area contributed by atoms with E-state index in [9.17, 15) is 9.59 Å². The molecular weight excluding hydrogens is 344 g/mol. The number of amides is 1. The second-order valence-electron chi connectivity index (χ2n) is 5.20. The first-order chi connectivity index (χ1) is 11.9. The van der Waals surface area contributed by atoms with Crippen molar-refractivity contribution in [2.75, 3.05) is 13.7 Å². The number of aryl methyl sites for hydroxylation is 1. The van der Waals surface area contributed by atoms with Crippen molar-refractivity contribution in [3.05, 3.63) is 39.3 Å². The van der Waals surface area contributed by atoms with Crippen LogP contribution in [0.3, 0.4) is 0 Å². The zero-order valence-electron chi connectivity index (χ0n) is 14.3. The zero-order valence-corrected chi connectivity index (χ0v) is 15.1. The van der Waals surface area contributed by atoms with Crippen molar-refractivity contribution in [1.29, 1.82) is 0 Å². The number of ether oxygens (including phenoxy) is 2. The Morgan fingerprint density at radius 3 is 2.68 bits per heavy atom. The number of methoxy groups -OCH3 is 1. The van der Waals surface area contributed by atoms with Gasteiger partial charge in [-0.2, -0.15) is 0 Å². The molecule has 2 rings (SSSR count). The van der Waals surface area contributed by atoms with Crippen LogP contribution in [0.25, 0.3) is 0 Å². The summed E-state index contributed by atoms with van der Waals surface area (Å²) in [6.45, 7) is 4.38. The quantitative estimate of drug-likeness (QED) is 0.746. The molecule has 0 fully saturated rings. The molecule has 2 N–H and O–H groups in total. The highest BCUT2D eigenvalue weighted by molar-refractivity contribution is 7.13. The van der Waals surface area contributed by atoms with E-state index in [1.807, 2.05) is 13.0 Å². The van der Waals surface area contributed by atoms with E-state index in [2.05, 4.69) is 10.3 Å². The van der Waals surface area contributed by atoms with Crippen LogP contribution in [0.15, 0.2) is 18.2 Å². The highest BCUT2D eigenvalue weighted by Crippen LogP contribution is 2.28. The maximum Gasteiger partial charge on any atom is 0.347 e. The van der Waals surface area contributed by atoms with Gasteiger partial charge in [-0.1, -0.05) is 6.07 Å². The maximum atomic E-state index is 12.1. The Bertz CT molecular complexity index is 772. The summed E-state index contributed by atoms with van der Waals surface area (Å²) < 4.78 is 10.7. The molecule has 0 bridgehead atoms. The number of carboxylic acid groups (broad SMARTS) is 1. The normalized spacial score (nSPS) is 10.4. The van der Waals surface area contributed by atoms with Crippen molar-refractivity contribution in [1.82, 2.24) is 10.3 Å². The lowest BCUT2D eigenvalue weighted by Crippen LogP contribution is -2.24. The minimum atomic E-state index is -1.02. The van der Waals surface area contributed by atoms with Crippen molar-refractivity contribution in [2.45, 2.75) is 26.8 Å². The highest BCUT2D eigenvalue weighted by Gasteiger charge is 2.16. The van der Waals surface area contributed by atoms with E-state index in [4.69, 9.17) is 14.6 Å². The molecule has 0 unspecified atom stereocenters. The van der Waals surface area contributed by atoms with E-state index < -0.39 is 5.97 Å². The molecule has 0 aliphatic heterocycles. The van der Waals surface area contributed by atoms with Crippen LogP contribution in [-0.2, 0) is 17.8 Å². The van der Waals surface area contributed by atoms with Crippen LogP contribution in [0.5, 0.6) is 11.5 Å². The van der Waals surface area contributed by atoms with Crippen molar-refractivity contribution in [3.63, 3.8) is 0 Å². The van der Waals surface area contributed by atoms with Crippen LogP contribution in [0, 0.1) is 6.92 Å². The van der Waals surface area contributed by atoms with Crippen molar-refractivity contribution in [2.24, 2.45) is 0 Å². The predicted octanol–water partition coefficient (Wildman–Crippen LogP) is 2.42. The lowest BCUT2D eigenvalue weighted by Gasteiger charge is -2.11. The third-order valence-electron chi connectivity index (χ3n) is 3.36. The molecule has 7 nitrogen and oxygen atoms in total. The summed E-state index contributed by atoms with van der Waals surface area (Å²) in [4.78, 5) is 27.4. The Morgan fingerprint density at radius 2 is 2.08 bits per heavy atom. The standard InChI is InChI=1S/C17H20N2O5S/c1-4-24-12-6-5-11(7-13(12)23-3)9-18-14(20)8-15-19-10(2)16(25-15)17(21)22/h5-7H,4,8-9H2,1-3H3,(H,18,20)(H,21,22). The van der Waals surface area contributed by atoms with Gasteiger partial charge >= 0.3 is 5.97 Å². The van der Waals surface area contributed by atoms with Crippen LogP contribution in [0.2, 0.25) is 0 Å². The highest BCUT2D eigenvalue weighted by atomic mass is 32.1. The van der Waals surface area contributed by atoms with Crippen LogP contribution in [0.1, 0.15) is 32.9 Å². The smallest absolute Gasteiger partial charge is 0.347 e. The molecule has 25 heavy (non-hydrogen) atoms. The third kappa shape index (κ3) is 4.93. The second-order valence-corrected chi connectivity index (χ2v) is 6.28. The minimum Gasteiger partial charge on any atom is -0.493 e. The number of hydrogen-bond acceptors (Lipinski definition) is 6. The number of nitrogens with zero attached hydrogens (tertiary/aromatic N) is 1. The van der Waals surface area contributed by atoms with E-state index in [1.165, 1.54) is 0 Å². The molecule has 1 heterocycles. The Balaban J connectivity index is 1.95. The number of benzene rings is 1. The largest absolute Gasteiger partial charge is 0.493 e. The number of carboxylic acids is 1. The van der Waals surface area contributed by atoms with Gasteiger partial charge in [0.2, 0.25) is 5.91 Å². The first-order valence-electron chi connectivity index (χ1n) is 7.70. The summed E-state index contributed by atoms with van der Waals surface area (Å²) >= 11 is 1.02. The van der Waals surface area contributed by atoms with E-state index in [-0.39, 0.29) is 17.2 Å². The molecule has 0 saturated carbocycles. The fraction of sp³-hybridized carbons (Fsp3) is 0.353. The molecule has 134 valence electrons. The molecule has 0 aliphatic carbocycles. The molecule has 0 radical (unpaired) electrons. The van der Waals surface area contributed by atoms with E-state index in [1.54, 1.807) is 26.2 Å². The summed E-state index contributed by atoms with van der Waals surface area (Å²) in [7, 11) is 1.56. The van der Waals surface area contributed by atoms with Crippen LogP contribution in [-0.4, -0.2) is 35.7 Å². The summed E-state index contributed by atoms with van der Waals surface area (Å²) in [6, 6.07) is 5.46. The average Bonchev–Trinajstić information content (AvgIpc) is 2.94. The van der Waals surface area contributed by atoms with Gasteiger partial charge in [0.1, 0.15) is 9.88 Å². The molecular formula is C17H20N2O5S. The summed E-state index contributed by atoms with van der Waals surface area (Å²) in [5, 5.41) is 12.3. The van der Waals surface area contributed by atoms with E-state index in [0.717, 1.165) is 16.9 Å². The Kier molecular flexibility index (Phi) is 6.35. The minimum absolute atomic E-state index is 0.0486. The van der Waals surface area contributed by atoms with E-state index >= 15 is 0 Å². The van der Waals surface area contributed by atoms with Gasteiger partial charge in [-0.15, -0.1) is 11.3 Å². The fourth-order valence-electron chi connectivity index (χ4n) is 2.22. The number of thiazole rings is 1. The molecule has 0 saturated heterocycles. The Labute approximate surface area is 149 Å². The molecule has 1 aromatic carbocycles. The monoisotopic (exact) mass is 364 g/mol. The summed E-state index contributed by atoms with van der Waals surface area (Å²) in [5.74, 6) is 0.0106. The van der Waals surface area contributed by atoms with E-state index in [0.29, 0.717) is 35.4 Å². The number of nitrogens with one attached hydrogen (secondary N) is 1. The SMILES string of the molecule is CCOc1ccc(CNC(=O)Cc2nc(C)c(C(=O)O)s2)cc1OC. The lowest BCUT2D eigenvalue weighted by atomic mass is 10.2. The molecule has 1 amide bonds. The van der Waals surface area contributed by atoms with Gasteiger partial charge < -0.3 is 19.9 Å². The van der Waals surface area contributed by atoms with Crippen LogP contribution in [0.4, 0.5) is 0 Å². The number of hydrogen-bond donors (Lipinski definition) is 2. The van der Waals surface area contributed by atoms with Crippen LogP contribution < -0.4 is 14.8 Å². The lowest BCUT2D eigenvalue weighted by molar-refractivity contribution is -0.120. The van der Waals surface area contributed by atoms with Crippen LogP contribution >= 0.6 is 11.3 Å². The Morgan fingerprint density at radius 1 is 1.32 bits per heavy atom. The third-order valence-corrected chi connectivity index (χ3v) is 4.51. The van der Waals surface area contributed by atoms with Gasteiger partial charge in [0.25, 0.3) is 0 Å². The van der Waals surface area contributed by atoms with Gasteiger partial charge in [0, 0.05) is 6.54 Å². The molecule has 1 aromatic heterocycles. The molecule has 2 aromatic rings. The van der Waals surface area contributed by atoms with Gasteiger partial charge in [-0.05, 0) is 31.5 Å². The van der Waals surface area contributed by atoms with Crippen molar-refractivity contribution >= 4 is 23.2 Å². The number of aromatic carboxylic acids is 1. The zero-order chi connectivity index (χ0) is 18.4. The van der Waals surface area contributed by atoms with Crippen molar-refractivity contribution < 1.29 is 24.2 Å². The molecule has 8 heteroatoms. The van der Waals surface area contributed by atoms with Gasteiger partial charge in [-0.25, -0.2) is 9.78 Å². The number of rotatable bonds is 8. The average molecular weight is 364 g/mol. The second kappa shape index (κ2) is 8.48. The van der Waals surface area contributed by atoms with Gasteiger partial charge in [0.15, 0.2) is 11.5 Å². The number of carbonyl (C=O) groups excluding carboxylic acids is 1. The van der Waals surface area contributed by atoms with Crippen molar-refractivity contribution in [3.8, 4) is 11.5 Å². The molecule has 0 spiro atoms. The summed E-state index contributed by atoms with van der Waals surface area (Å²) in [6.07, 6.45) is 0.0486. The topological polar surface area (TPSA) is 97.8 Å². The molecule has 0 atom stereocenters.